The van der Waals surface area contributed by atoms with E-state index in [9.17, 15) is 4.79 Å². The summed E-state index contributed by atoms with van der Waals surface area (Å²) in [6, 6.07) is 17.7. The summed E-state index contributed by atoms with van der Waals surface area (Å²) in [5.74, 6) is 2.49. The van der Waals surface area contributed by atoms with Gasteiger partial charge in [-0.25, -0.2) is 4.98 Å². The molecule has 5 rings (SSSR count). The molecule has 1 aliphatic rings. The number of likely N-dealkylation sites (tertiary alicyclic amines) is 1. The Morgan fingerprint density at radius 1 is 1.08 bits per heavy atom. The number of hydrogen-bond acceptors (Lipinski definition) is 6. The Hall–Kier alpha value is -3.43. The lowest BCUT2D eigenvalue weighted by Gasteiger charge is -2.15. The number of aryl methyl sites for hydroxylation is 1. The number of nitrogens with zero attached hydrogens (tertiary/aromatic N) is 4. The van der Waals surface area contributed by atoms with E-state index in [-0.39, 0.29) is 5.91 Å². The van der Waals surface area contributed by atoms with E-state index >= 15 is 0 Å². The third-order valence-electron chi connectivity index (χ3n) is 6.24. The highest BCUT2D eigenvalue weighted by Crippen LogP contribution is 2.28. The van der Waals surface area contributed by atoms with Gasteiger partial charge in [0.1, 0.15) is 11.5 Å². The van der Waals surface area contributed by atoms with Gasteiger partial charge in [-0.05, 0) is 61.9 Å². The Labute approximate surface area is 218 Å². The molecular weight excluding hydrogens is 520 g/mol. The summed E-state index contributed by atoms with van der Waals surface area (Å²) in [7, 11) is 1.99. The third-order valence-corrected chi connectivity index (χ3v) is 6.76. The average Bonchev–Trinajstić information content (AvgIpc) is 3.42. The molecule has 0 radical (unpaired) electrons. The smallest absolute Gasteiger partial charge is 0.222 e. The monoisotopic (exact) mass is 548 g/mol. The van der Waals surface area contributed by atoms with Crippen LogP contribution in [0.2, 0.25) is 0 Å². The van der Waals surface area contributed by atoms with Crippen LogP contribution >= 0.6 is 15.9 Å². The lowest BCUT2D eigenvalue weighted by atomic mass is 10.3. The fourth-order valence-electron chi connectivity index (χ4n) is 4.32. The second-order valence-corrected chi connectivity index (χ2v) is 9.79. The number of halogens is 1. The first kappa shape index (κ1) is 24.3. The van der Waals surface area contributed by atoms with Crippen molar-refractivity contribution in [3.05, 3.63) is 71.0 Å². The molecule has 1 aliphatic heterocycles. The fraction of sp³-hybridized carbons (Fsp3) is 0.296. The molecule has 0 unspecified atom stereocenters. The molecule has 9 heteroatoms. The van der Waals surface area contributed by atoms with Crippen LogP contribution in [0.3, 0.4) is 0 Å². The van der Waals surface area contributed by atoms with Crippen LogP contribution in [0.1, 0.15) is 25.0 Å². The van der Waals surface area contributed by atoms with Crippen molar-refractivity contribution in [1.29, 1.82) is 0 Å². The van der Waals surface area contributed by atoms with Crippen molar-refractivity contribution in [1.82, 2.24) is 24.8 Å². The minimum Gasteiger partial charge on any atom is -0.457 e. The van der Waals surface area contributed by atoms with E-state index in [0.717, 1.165) is 76.8 Å². The predicted octanol–water partition coefficient (Wildman–Crippen LogP) is 5.37. The summed E-state index contributed by atoms with van der Waals surface area (Å²) in [5, 5.41) is 6.78. The second-order valence-electron chi connectivity index (χ2n) is 8.88. The number of carbonyl (C=O) groups is 1. The zero-order chi connectivity index (χ0) is 24.9. The maximum Gasteiger partial charge on any atom is 0.222 e. The second kappa shape index (κ2) is 11.1. The van der Waals surface area contributed by atoms with Crippen molar-refractivity contribution in [2.24, 2.45) is 7.05 Å². The lowest BCUT2D eigenvalue weighted by Crippen LogP contribution is -2.28. The number of anilines is 2. The van der Waals surface area contributed by atoms with E-state index in [1.165, 1.54) is 0 Å². The molecule has 2 aromatic carbocycles. The standard InChI is InChI=1S/C27H29BrN6O2/c1-33-25-10-9-22(17-24(25)32-27(33)31-20-7-5-19(28)6-8-20)36-23-11-13-30-21(16-23)18-29-12-3-15-34-14-2-4-26(34)35/h5-11,13,16-17,29H,2-4,12,14-15,18H2,1H3,(H,31,32). The first-order chi connectivity index (χ1) is 17.5. The number of imidazole rings is 1. The van der Waals surface area contributed by atoms with E-state index < -0.39 is 0 Å². The summed E-state index contributed by atoms with van der Waals surface area (Å²) >= 11 is 3.46. The van der Waals surface area contributed by atoms with Crippen LogP contribution in [0.15, 0.2) is 65.3 Å². The molecule has 0 spiro atoms. The van der Waals surface area contributed by atoms with E-state index in [4.69, 9.17) is 9.72 Å². The lowest BCUT2D eigenvalue weighted by molar-refractivity contribution is -0.127. The quantitative estimate of drug-likeness (QED) is 0.259. The summed E-state index contributed by atoms with van der Waals surface area (Å²) in [6.07, 6.45) is 4.38. The molecule has 3 heterocycles. The molecule has 186 valence electrons. The van der Waals surface area contributed by atoms with Crippen molar-refractivity contribution < 1.29 is 9.53 Å². The molecule has 2 aromatic heterocycles. The summed E-state index contributed by atoms with van der Waals surface area (Å²) in [4.78, 5) is 22.8. The van der Waals surface area contributed by atoms with Gasteiger partial charge in [-0.2, -0.15) is 0 Å². The Balaban J connectivity index is 1.18. The molecule has 1 fully saturated rings. The van der Waals surface area contributed by atoms with Crippen molar-refractivity contribution in [2.45, 2.75) is 25.8 Å². The number of carbonyl (C=O) groups excluding carboxylic acids is 1. The highest BCUT2D eigenvalue weighted by molar-refractivity contribution is 9.10. The number of rotatable bonds is 10. The third kappa shape index (κ3) is 5.85. The average molecular weight is 549 g/mol. The number of nitrogens with one attached hydrogen (secondary N) is 2. The maximum absolute atomic E-state index is 11.7. The minimum absolute atomic E-state index is 0.280. The van der Waals surface area contributed by atoms with Gasteiger partial charge >= 0.3 is 0 Å². The van der Waals surface area contributed by atoms with Gasteiger partial charge in [0, 0.05) is 61.6 Å². The van der Waals surface area contributed by atoms with Crippen LogP contribution in [0.4, 0.5) is 11.6 Å². The van der Waals surface area contributed by atoms with Crippen LogP contribution in [0.25, 0.3) is 11.0 Å². The number of ether oxygens (including phenoxy) is 1. The molecule has 36 heavy (non-hydrogen) atoms. The Morgan fingerprint density at radius 2 is 1.92 bits per heavy atom. The number of hydrogen-bond donors (Lipinski definition) is 2. The Kier molecular flexibility index (Phi) is 7.48. The highest BCUT2D eigenvalue weighted by Gasteiger charge is 2.18. The van der Waals surface area contributed by atoms with Gasteiger partial charge < -0.3 is 24.8 Å². The molecule has 0 atom stereocenters. The Bertz CT molecular complexity index is 1350. The van der Waals surface area contributed by atoms with Crippen LogP contribution in [-0.2, 0) is 18.4 Å². The van der Waals surface area contributed by atoms with Crippen molar-refractivity contribution in [3.8, 4) is 11.5 Å². The van der Waals surface area contributed by atoms with Gasteiger partial charge in [0.25, 0.3) is 0 Å². The molecule has 1 saturated heterocycles. The topological polar surface area (TPSA) is 84.3 Å². The van der Waals surface area contributed by atoms with E-state index in [2.05, 4.69) is 31.5 Å². The molecule has 4 aromatic rings. The molecule has 0 aliphatic carbocycles. The molecule has 8 nitrogen and oxygen atoms in total. The summed E-state index contributed by atoms with van der Waals surface area (Å²) in [5.41, 5.74) is 3.74. The van der Waals surface area contributed by atoms with Crippen molar-refractivity contribution >= 4 is 44.5 Å². The van der Waals surface area contributed by atoms with Crippen LogP contribution in [0, 0.1) is 0 Å². The summed E-state index contributed by atoms with van der Waals surface area (Å²) < 4.78 is 9.18. The van der Waals surface area contributed by atoms with Gasteiger partial charge in [0.05, 0.1) is 16.7 Å². The van der Waals surface area contributed by atoms with E-state index in [1.807, 2.05) is 71.1 Å². The van der Waals surface area contributed by atoms with Crippen molar-refractivity contribution in [2.75, 3.05) is 25.0 Å². The van der Waals surface area contributed by atoms with Gasteiger partial charge in [-0.15, -0.1) is 0 Å². The maximum atomic E-state index is 11.7. The molecule has 0 saturated carbocycles. The van der Waals surface area contributed by atoms with E-state index in [1.54, 1.807) is 6.20 Å². The number of pyridine rings is 1. The molecule has 1 amide bonds. The number of amides is 1. The minimum atomic E-state index is 0.280. The van der Waals surface area contributed by atoms with Gasteiger partial charge in [-0.1, -0.05) is 15.9 Å². The molecule has 0 bridgehead atoms. The fourth-order valence-corrected chi connectivity index (χ4v) is 4.59. The number of benzene rings is 2. The normalized spacial score (nSPS) is 13.5. The zero-order valence-electron chi connectivity index (χ0n) is 20.2. The van der Waals surface area contributed by atoms with E-state index in [0.29, 0.717) is 13.0 Å². The highest BCUT2D eigenvalue weighted by atomic mass is 79.9. The van der Waals surface area contributed by atoms with Gasteiger partial charge in [0.15, 0.2) is 0 Å². The molecule has 2 N–H and O–H groups in total. The van der Waals surface area contributed by atoms with Crippen molar-refractivity contribution in [3.63, 3.8) is 0 Å². The number of fused-ring (bicyclic) bond motifs is 1. The SMILES string of the molecule is Cn1c(Nc2ccc(Br)cc2)nc2cc(Oc3ccnc(CNCCCN4CCCC4=O)c3)ccc21. The zero-order valence-corrected chi connectivity index (χ0v) is 21.8. The predicted molar refractivity (Wildman–Crippen MR) is 145 cm³/mol. The Morgan fingerprint density at radius 3 is 2.72 bits per heavy atom. The van der Waals surface area contributed by atoms with Crippen LogP contribution in [-0.4, -0.2) is 45.0 Å². The van der Waals surface area contributed by atoms with Crippen LogP contribution < -0.4 is 15.4 Å². The summed E-state index contributed by atoms with van der Waals surface area (Å²) in [6.45, 7) is 3.20. The first-order valence-electron chi connectivity index (χ1n) is 12.2. The first-order valence-corrected chi connectivity index (χ1v) is 12.9. The van der Waals surface area contributed by atoms with Crippen LogP contribution in [0.5, 0.6) is 11.5 Å². The van der Waals surface area contributed by atoms with Gasteiger partial charge in [-0.3, -0.25) is 9.78 Å². The largest absolute Gasteiger partial charge is 0.457 e. The van der Waals surface area contributed by atoms with Gasteiger partial charge in [0.2, 0.25) is 11.9 Å². The molecular formula is C27H29BrN6O2. The number of aromatic nitrogens is 3.